The van der Waals surface area contributed by atoms with E-state index < -0.39 is 24.4 Å². The minimum atomic E-state index is -1.19. The van der Waals surface area contributed by atoms with Gasteiger partial charge in [-0.3, -0.25) is 4.90 Å². The van der Waals surface area contributed by atoms with Crippen molar-refractivity contribution in [3.8, 4) is 0 Å². The van der Waals surface area contributed by atoms with Crippen molar-refractivity contribution < 1.29 is 25.2 Å². The van der Waals surface area contributed by atoms with E-state index >= 15 is 0 Å². The Labute approximate surface area is 100 Å². The number of hydrogen-bond acceptors (Lipinski definition) is 6. The fourth-order valence-electron chi connectivity index (χ4n) is 2.64. The Morgan fingerprint density at radius 3 is 2.53 bits per heavy atom. The van der Waals surface area contributed by atoms with Crippen LogP contribution in [0.25, 0.3) is 0 Å². The lowest BCUT2D eigenvalue weighted by Gasteiger charge is -2.43. The van der Waals surface area contributed by atoms with Crippen molar-refractivity contribution in [3.05, 3.63) is 0 Å². The summed E-state index contributed by atoms with van der Waals surface area (Å²) >= 11 is 0. The Balaban J connectivity index is 1.98. The zero-order valence-corrected chi connectivity index (χ0v) is 9.77. The maximum atomic E-state index is 9.80. The maximum absolute atomic E-state index is 9.80. The van der Waals surface area contributed by atoms with Gasteiger partial charge in [0.1, 0.15) is 12.2 Å². The average molecular weight is 247 g/mol. The predicted octanol–water partition coefficient (Wildman–Crippen LogP) is -2.08. The summed E-state index contributed by atoms with van der Waals surface area (Å²) in [4.78, 5) is 1.80. The van der Waals surface area contributed by atoms with E-state index in [-0.39, 0.29) is 19.3 Å². The number of aliphatic hydroxyl groups is 4. The molecule has 0 aromatic carbocycles. The Bertz CT molecular complexity index is 246. The van der Waals surface area contributed by atoms with Crippen molar-refractivity contribution in [1.29, 1.82) is 0 Å². The van der Waals surface area contributed by atoms with Crippen molar-refractivity contribution in [3.63, 3.8) is 0 Å². The van der Waals surface area contributed by atoms with E-state index in [4.69, 9.17) is 4.74 Å². The molecule has 0 radical (unpaired) electrons. The highest BCUT2D eigenvalue weighted by Gasteiger charge is 2.41. The van der Waals surface area contributed by atoms with E-state index in [1.54, 1.807) is 4.90 Å². The van der Waals surface area contributed by atoms with Crippen LogP contribution in [-0.4, -0.2) is 82.1 Å². The summed E-state index contributed by atoms with van der Waals surface area (Å²) in [5.41, 5.74) is 0. The molecule has 2 fully saturated rings. The van der Waals surface area contributed by atoms with Crippen molar-refractivity contribution in [2.24, 2.45) is 0 Å². The zero-order valence-electron chi connectivity index (χ0n) is 9.77. The van der Waals surface area contributed by atoms with Gasteiger partial charge in [-0.25, -0.2) is 0 Å². The van der Waals surface area contributed by atoms with Crippen LogP contribution in [0.15, 0.2) is 0 Å². The van der Waals surface area contributed by atoms with Gasteiger partial charge in [-0.1, -0.05) is 0 Å². The fourth-order valence-corrected chi connectivity index (χ4v) is 2.64. The highest BCUT2D eigenvalue weighted by molar-refractivity contribution is 4.95. The van der Waals surface area contributed by atoms with Crippen LogP contribution in [0.2, 0.25) is 0 Å². The SMILES string of the molecule is OC[C@@H]1[C@@H](O)[C@H](O)[C@@H](O)CN1C[C@H]1CCCO1. The Kier molecular flexibility index (Phi) is 4.35. The Morgan fingerprint density at radius 1 is 1.18 bits per heavy atom. The first-order valence-corrected chi connectivity index (χ1v) is 6.14. The van der Waals surface area contributed by atoms with Crippen LogP contribution in [0, 0.1) is 0 Å². The van der Waals surface area contributed by atoms with Gasteiger partial charge in [-0.2, -0.15) is 0 Å². The topological polar surface area (TPSA) is 93.4 Å². The summed E-state index contributed by atoms with van der Waals surface area (Å²) in [6, 6.07) is -0.530. The van der Waals surface area contributed by atoms with Gasteiger partial charge in [0.25, 0.3) is 0 Å². The summed E-state index contributed by atoms with van der Waals surface area (Å²) in [5, 5.41) is 38.3. The van der Waals surface area contributed by atoms with Crippen molar-refractivity contribution in [2.75, 3.05) is 26.3 Å². The molecular formula is C11H21NO5. The highest BCUT2D eigenvalue weighted by Crippen LogP contribution is 2.22. The highest BCUT2D eigenvalue weighted by atomic mass is 16.5. The number of likely N-dealkylation sites (tertiary alicyclic amines) is 1. The molecule has 6 nitrogen and oxygen atoms in total. The number of piperidine rings is 1. The second kappa shape index (κ2) is 5.60. The number of β-amino-alcohol motifs (C(OH)–C–C–N with tert-alkyl or cyclic N) is 1. The number of aliphatic hydroxyl groups excluding tert-OH is 4. The van der Waals surface area contributed by atoms with Crippen molar-refractivity contribution in [2.45, 2.75) is 43.3 Å². The summed E-state index contributed by atoms with van der Waals surface area (Å²) in [6.45, 7) is 1.34. The number of ether oxygens (including phenoxy) is 1. The lowest BCUT2D eigenvalue weighted by molar-refractivity contribution is -0.150. The normalized spacial score (nSPS) is 44.1. The van der Waals surface area contributed by atoms with E-state index in [2.05, 4.69) is 0 Å². The zero-order chi connectivity index (χ0) is 12.4. The molecule has 2 saturated heterocycles. The summed E-state index contributed by atoms with van der Waals surface area (Å²) in [5.74, 6) is 0. The molecule has 0 aliphatic carbocycles. The molecule has 2 heterocycles. The molecule has 2 aliphatic rings. The molecule has 0 bridgehead atoms. The summed E-state index contributed by atoms with van der Waals surface area (Å²) in [7, 11) is 0. The third-order valence-electron chi connectivity index (χ3n) is 3.68. The smallest absolute Gasteiger partial charge is 0.109 e. The van der Waals surface area contributed by atoms with Gasteiger partial charge in [0, 0.05) is 19.7 Å². The van der Waals surface area contributed by atoms with Crippen LogP contribution < -0.4 is 0 Å². The van der Waals surface area contributed by atoms with Crippen molar-refractivity contribution in [1.82, 2.24) is 4.90 Å². The third-order valence-corrected chi connectivity index (χ3v) is 3.68. The molecule has 17 heavy (non-hydrogen) atoms. The quantitative estimate of drug-likeness (QED) is 0.457. The van der Waals surface area contributed by atoms with E-state index in [9.17, 15) is 20.4 Å². The molecule has 2 aliphatic heterocycles. The monoisotopic (exact) mass is 247 g/mol. The molecule has 0 saturated carbocycles. The standard InChI is InChI=1S/C11H21NO5/c13-6-8-10(15)11(16)9(14)5-12(8)4-7-2-1-3-17-7/h7-11,13-16H,1-6H2/t7-,8-,9+,10-,11-/m1/s1. The molecule has 0 amide bonds. The Hall–Kier alpha value is -0.240. The van der Waals surface area contributed by atoms with Gasteiger partial charge in [0.2, 0.25) is 0 Å². The minimum absolute atomic E-state index is 0.0960. The molecule has 0 spiro atoms. The second-order valence-corrected chi connectivity index (χ2v) is 4.89. The van der Waals surface area contributed by atoms with E-state index in [1.807, 2.05) is 0 Å². The molecule has 0 unspecified atom stereocenters. The lowest BCUT2D eigenvalue weighted by atomic mass is 9.94. The summed E-state index contributed by atoms with van der Waals surface area (Å²) in [6.07, 6.45) is -1.20. The largest absolute Gasteiger partial charge is 0.395 e. The molecule has 100 valence electrons. The summed E-state index contributed by atoms with van der Waals surface area (Å²) < 4.78 is 5.50. The maximum Gasteiger partial charge on any atom is 0.109 e. The molecule has 6 heteroatoms. The van der Waals surface area contributed by atoms with E-state index in [0.29, 0.717) is 6.54 Å². The van der Waals surface area contributed by atoms with Crippen LogP contribution in [0.4, 0.5) is 0 Å². The molecule has 5 atom stereocenters. The molecule has 0 aromatic rings. The predicted molar refractivity (Wildman–Crippen MR) is 59.4 cm³/mol. The lowest BCUT2D eigenvalue weighted by Crippen LogP contribution is -2.63. The van der Waals surface area contributed by atoms with Crippen LogP contribution >= 0.6 is 0 Å². The van der Waals surface area contributed by atoms with Crippen LogP contribution in [-0.2, 0) is 4.74 Å². The molecule has 0 aromatic heterocycles. The molecule has 4 N–H and O–H groups in total. The van der Waals surface area contributed by atoms with Gasteiger partial charge < -0.3 is 25.2 Å². The first-order chi connectivity index (χ1) is 8.13. The van der Waals surface area contributed by atoms with E-state index in [0.717, 1.165) is 19.4 Å². The van der Waals surface area contributed by atoms with E-state index in [1.165, 1.54) is 0 Å². The van der Waals surface area contributed by atoms with Gasteiger partial charge in [0.15, 0.2) is 0 Å². The molecule has 2 rings (SSSR count). The van der Waals surface area contributed by atoms with Crippen LogP contribution in [0.1, 0.15) is 12.8 Å². The van der Waals surface area contributed by atoms with Gasteiger partial charge in [-0.05, 0) is 12.8 Å². The van der Waals surface area contributed by atoms with Gasteiger partial charge in [-0.15, -0.1) is 0 Å². The number of rotatable bonds is 3. The first-order valence-electron chi connectivity index (χ1n) is 6.14. The Morgan fingerprint density at radius 2 is 1.94 bits per heavy atom. The average Bonchev–Trinajstić information content (AvgIpc) is 2.79. The van der Waals surface area contributed by atoms with Crippen LogP contribution in [0.5, 0.6) is 0 Å². The van der Waals surface area contributed by atoms with Crippen LogP contribution in [0.3, 0.4) is 0 Å². The third kappa shape index (κ3) is 2.78. The number of hydrogen-bond donors (Lipinski definition) is 4. The van der Waals surface area contributed by atoms with Gasteiger partial charge in [0.05, 0.1) is 24.9 Å². The van der Waals surface area contributed by atoms with Crippen molar-refractivity contribution >= 4 is 0 Å². The first kappa shape index (κ1) is 13.2. The van der Waals surface area contributed by atoms with Gasteiger partial charge >= 0.3 is 0 Å². The fraction of sp³-hybridized carbons (Fsp3) is 1.00. The molecular weight excluding hydrogens is 226 g/mol. The minimum Gasteiger partial charge on any atom is -0.395 e. The second-order valence-electron chi connectivity index (χ2n) is 4.89. The number of nitrogens with zero attached hydrogens (tertiary/aromatic N) is 1.